The predicted octanol–water partition coefficient (Wildman–Crippen LogP) is 4.06. The van der Waals surface area contributed by atoms with Gasteiger partial charge in [-0.05, 0) is 30.9 Å². The molecule has 0 bridgehead atoms. The van der Waals surface area contributed by atoms with E-state index < -0.39 is 12.1 Å². The van der Waals surface area contributed by atoms with Crippen molar-refractivity contribution in [2.75, 3.05) is 18.0 Å². The minimum atomic E-state index is -4.06. The van der Waals surface area contributed by atoms with Crippen molar-refractivity contribution in [3.63, 3.8) is 0 Å². The lowest BCUT2D eigenvalue weighted by Gasteiger charge is -2.34. The molecule has 1 saturated heterocycles. The molecule has 1 aliphatic heterocycles. The lowest BCUT2D eigenvalue weighted by molar-refractivity contribution is -0.179. The summed E-state index contributed by atoms with van der Waals surface area (Å²) < 4.78 is 37.8. The topological polar surface area (TPSA) is 16.1 Å². The molecule has 0 amide bonds. The number of hydrogen-bond donors (Lipinski definition) is 0. The van der Waals surface area contributed by atoms with Crippen LogP contribution in [-0.4, -0.2) is 24.2 Å². The second-order valence-corrected chi connectivity index (χ2v) is 5.48. The molecular weight excluding hydrogens is 321 g/mol. The fraction of sp³-hybridized carbons (Fsp3) is 0.615. The quantitative estimate of drug-likeness (QED) is 0.757. The third kappa shape index (κ3) is 3.41. The van der Waals surface area contributed by atoms with Gasteiger partial charge in [0.25, 0.3) is 0 Å². The molecule has 106 valence electrons. The van der Waals surface area contributed by atoms with E-state index in [1.165, 1.54) is 0 Å². The van der Waals surface area contributed by atoms with Crippen LogP contribution in [0.5, 0.6) is 0 Å². The summed E-state index contributed by atoms with van der Waals surface area (Å²) in [4.78, 5) is 6.33. The number of hydrogen-bond acceptors (Lipinski definition) is 2. The van der Waals surface area contributed by atoms with E-state index in [2.05, 4.69) is 20.9 Å². The molecule has 0 N–H and O–H groups in total. The van der Waals surface area contributed by atoms with Gasteiger partial charge < -0.3 is 4.90 Å². The molecule has 0 saturated carbocycles. The Morgan fingerprint density at radius 2 is 2.00 bits per heavy atom. The first-order valence-electron chi connectivity index (χ1n) is 6.25. The molecule has 0 unspecified atom stereocenters. The Bertz CT molecular complexity index is 440. The average molecular weight is 337 g/mol. The Hall–Kier alpha value is -0.780. The SMILES string of the molecule is Cc1cc(CBr)cnc1N1CCC(C(F)(F)F)CC1. The molecule has 0 radical (unpaired) electrons. The van der Waals surface area contributed by atoms with Crippen LogP contribution in [0.2, 0.25) is 0 Å². The van der Waals surface area contributed by atoms with Gasteiger partial charge in [-0.1, -0.05) is 22.0 Å². The molecule has 19 heavy (non-hydrogen) atoms. The maximum atomic E-state index is 12.6. The molecule has 0 aromatic carbocycles. The molecular formula is C13H16BrF3N2. The lowest BCUT2D eigenvalue weighted by atomic mass is 9.96. The largest absolute Gasteiger partial charge is 0.391 e. The summed E-state index contributed by atoms with van der Waals surface area (Å²) in [5, 5.41) is 0.733. The lowest BCUT2D eigenvalue weighted by Crippen LogP contribution is -2.39. The Kier molecular flexibility index (Phi) is 4.38. The van der Waals surface area contributed by atoms with E-state index in [0.29, 0.717) is 13.1 Å². The number of nitrogens with zero attached hydrogens (tertiary/aromatic N) is 2. The summed E-state index contributed by atoms with van der Waals surface area (Å²) in [6.45, 7) is 2.79. The van der Waals surface area contributed by atoms with Crippen LogP contribution in [0.3, 0.4) is 0 Å². The van der Waals surface area contributed by atoms with Gasteiger partial charge in [0.15, 0.2) is 0 Å². The number of halogens is 4. The predicted molar refractivity (Wildman–Crippen MR) is 72.6 cm³/mol. The molecule has 1 fully saturated rings. The van der Waals surface area contributed by atoms with Crippen LogP contribution in [0.4, 0.5) is 19.0 Å². The van der Waals surface area contributed by atoms with Crippen LogP contribution >= 0.6 is 15.9 Å². The first kappa shape index (κ1) is 14.6. The van der Waals surface area contributed by atoms with E-state index in [4.69, 9.17) is 0 Å². The second kappa shape index (κ2) is 5.69. The van der Waals surface area contributed by atoms with E-state index >= 15 is 0 Å². The molecule has 2 rings (SSSR count). The van der Waals surface area contributed by atoms with Crippen molar-refractivity contribution in [3.05, 3.63) is 23.4 Å². The zero-order chi connectivity index (χ0) is 14.0. The maximum Gasteiger partial charge on any atom is 0.391 e. The van der Waals surface area contributed by atoms with Gasteiger partial charge in [-0.15, -0.1) is 0 Å². The van der Waals surface area contributed by atoms with Crippen molar-refractivity contribution in [2.24, 2.45) is 5.92 Å². The number of rotatable bonds is 2. The van der Waals surface area contributed by atoms with Gasteiger partial charge in [-0.25, -0.2) is 4.98 Å². The summed E-state index contributed by atoms with van der Waals surface area (Å²) >= 11 is 3.36. The van der Waals surface area contributed by atoms with Gasteiger partial charge >= 0.3 is 6.18 Å². The number of anilines is 1. The van der Waals surface area contributed by atoms with Crippen LogP contribution in [0.15, 0.2) is 12.3 Å². The van der Waals surface area contributed by atoms with Crippen molar-refractivity contribution in [1.82, 2.24) is 4.98 Å². The summed E-state index contributed by atoms with van der Waals surface area (Å²) in [7, 11) is 0. The Labute approximate surface area is 119 Å². The summed E-state index contributed by atoms with van der Waals surface area (Å²) in [6.07, 6.45) is -1.98. The van der Waals surface area contributed by atoms with Crippen molar-refractivity contribution < 1.29 is 13.2 Å². The number of pyridine rings is 1. The highest BCUT2D eigenvalue weighted by Gasteiger charge is 2.41. The van der Waals surface area contributed by atoms with Crippen LogP contribution in [0.1, 0.15) is 24.0 Å². The normalized spacial score (nSPS) is 17.8. The molecule has 2 nitrogen and oxygen atoms in total. The molecule has 0 spiro atoms. The summed E-state index contributed by atoms with van der Waals surface area (Å²) in [5.74, 6) is -0.351. The van der Waals surface area contributed by atoms with Crippen LogP contribution in [0, 0.1) is 12.8 Å². The number of aryl methyl sites for hydroxylation is 1. The van der Waals surface area contributed by atoms with Crippen LogP contribution < -0.4 is 4.90 Å². The molecule has 1 aromatic rings. The van der Waals surface area contributed by atoms with Gasteiger partial charge in [0.1, 0.15) is 5.82 Å². The van der Waals surface area contributed by atoms with Gasteiger partial charge in [-0.3, -0.25) is 0 Å². The number of alkyl halides is 4. The average Bonchev–Trinajstić information content (AvgIpc) is 2.37. The van der Waals surface area contributed by atoms with Crippen molar-refractivity contribution in [1.29, 1.82) is 0 Å². The second-order valence-electron chi connectivity index (χ2n) is 4.92. The van der Waals surface area contributed by atoms with E-state index in [1.807, 2.05) is 17.9 Å². The fourth-order valence-corrected chi connectivity index (χ4v) is 2.76. The van der Waals surface area contributed by atoms with E-state index in [0.717, 1.165) is 22.3 Å². The van der Waals surface area contributed by atoms with Crippen molar-refractivity contribution in [3.8, 4) is 0 Å². The van der Waals surface area contributed by atoms with E-state index in [1.54, 1.807) is 6.20 Å². The van der Waals surface area contributed by atoms with Gasteiger partial charge in [-0.2, -0.15) is 13.2 Å². The smallest absolute Gasteiger partial charge is 0.356 e. The van der Waals surface area contributed by atoms with Gasteiger partial charge in [0.05, 0.1) is 5.92 Å². The van der Waals surface area contributed by atoms with Crippen LogP contribution in [-0.2, 0) is 5.33 Å². The Morgan fingerprint density at radius 1 is 1.37 bits per heavy atom. The van der Waals surface area contributed by atoms with Gasteiger partial charge in [0.2, 0.25) is 0 Å². The molecule has 1 aliphatic rings. The minimum Gasteiger partial charge on any atom is -0.356 e. The first-order chi connectivity index (χ1) is 8.91. The van der Waals surface area contributed by atoms with Crippen molar-refractivity contribution >= 4 is 21.7 Å². The summed E-state index contributed by atoms with van der Waals surface area (Å²) in [5.41, 5.74) is 2.09. The standard InChI is InChI=1S/C13H16BrF3N2/c1-9-6-10(7-14)8-18-12(9)19-4-2-11(3-5-19)13(15,16)17/h6,8,11H,2-5,7H2,1H3. The Balaban J connectivity index is 2.06. The van der Waals surface area contributed by atoms with Crippen molar-refractivity contribution in [2.45, 2.75) is 31.3 Å². The van der Waals surface area contributed by atoms with Crippen LogP contribution in [0.25, 0.3) is 0 Å². The molecule has 6 heteroatoms. The van der Waals surface area contributed by atoms with Gasteiger partial charge in [0, 0.05) is 24.6 Å². The Morgan fingerprint density at radius 3 is 2.47 bits per heavy atom. The molecule has 1 aromatic heterocycles. The zero-order valence-electron chi connectivity index (χ0n) is 10.7. The summed E-state index contributed by atoms with van der Waals surface area (Å²) in [6, 6.07) is 2.02. The third-order valence-corrected chi connectivity index (χ3v) is 4.17. The zero-order valence-corrected chi connectivity index (χ0v) is 12.3. The molecule has 0 atom stereocenters. The highest BCUT2D eigenvalue weighted by atomic mass is 79.9. The highest BCUT2D eigenvalue weighted by Crippen LogP contribution is 2.35. The van der Waals surface area contributed by atoms with E-state index in [-0.39, 0.29) is 12.8 Å². The fourth-order valence-electron chi connectivity index (χ4n) is 2.45. The first-order valence-corrected chi connectivity index (χ1v) is 7.37. The minimum absolute atomic E-state index is 0.158. The number of piperidine rings is 1. The maximum absolute atomic E-state index is 12.6. The third-order valence-electron chi connectivity index (χ3n) is 3.52. The van der Waals surface area contributed by atoms with E-state index in [9.17, 15) is 13.2 Å². The monoisotopic (exact) mass is 336 g/mol. The number of aromatic nitrogens is 1. The molecule has 0 aliphatic carbocycles. The molecule has 2 heterocycles. The highest BCUT2D eigenvalue weighted by molar-refractivity contribution is 9.08.